The Morgan fingerprint density at radius 1 is 1.08 bits per heavy atom. The molecule has 0 radical (unpaired) electrons. The zero-order valence-electron chi connectivity index (χ0n) is 14.5. The topological polar surface area (TPSA) is 66.5 Å². The first-order valence-corrected chi connectivity index (χ1v) is 11.1. The van der Waals surface area contributed by atoms with Crippen LogP contribution in [-0.2, 0) is 14.6 Å². The highest BCUT2D eigenvalue weighted by molar-refractivity contribution is 7.91. The summed E-state index contributed by atoms with van der Waals surface area (Å²) in [6, 6.07) is 7.25. The SMILES string of the molecule is O=C(NC1CS(=O)(=O)c2ccccc21)C1CCN(C2CCCCC2)C1. The molecule has 25 heavy (non-hydrogen) atoms. The minimum absolute atomic E-state index is 0.00946. The van der Waals surface area contributed by atoms with E-state index >= 15 is 0 Å². The molecule has 4 rings (SSSR count). The first kappa shape index (κ1) is 17.0. The van der Waals surface area contributed by atoms with Crippen LogP contribution < -0.4 is 5.32 Å². The summed E-state index contributed by atoms with van der Waals surface area (Å²) in [7, 11) is -3.28. The molecule has 1 amide bonds. The number of benzene rings is 1. The summed E-state index contributed by atoms with van der Waals surface area (Å²) in [5.41, 5.74) is 0.734. The van der Waals surface area contributed by atoms with Gasteiger partial charge in [0.25, 0.3) is 0 Å². The van der Waals surface area contributed by atoms with Gasteiger partial charge >= 0.3 is 0 Å². The van der Waals surface area contributed by atoms with Crippen molar-refractivity contribution in [3.05, 3.63) is 29.8 Å². The van der Waals surface area contributed by atoms with Gasteiger partial charge in [0.15, 0.2) is 9.84 Å². The lowest BCUT2D eigenvalue weighted by Crippen LogP contribution is -2.39. The summed E-state index contributed by atoms with van der Waals surface area (Å²) in [5.74, 6) is -0.0236. The van der Waals surface area contributed by atoms with Crippen molar-refractivity contribution >= 4 is 15.7 Å². The lowest BCUT2D eigenvalue weighted by molar-refractivity contribution is -0.125. The number of amides is 1. The van der Waals surface area contributed by atoms with Crippen molar-refractivity contribution in [2.45, 2.75) is 55.5 Å². The number of carbonyl (C=O) groups is 1. The van der Waals surface area contributed by atoms with E-state index in [4.69, 9.17) is 0 Å². The maximum Gasteiger partial charge on any atom is 0.224 e. The van der Waals surface area contributed by atoms with Crippen LogP contribution in [0.25, 0.3) is 0 Å². The molecular weight excluding hydrogens is 336 g/mol. The predicted molar refractivity (Wildman–Crippen MR) is 95.9 cm³/mol. The Hall–Kier alpha value is -1.40. The maximum absolute atomic E-state index is 12.7. The zero-order chi connectivity index (χ0) is 17.4. The Morgan fingerprint density at radius 3 is 2.64 bits per heavy atom. The highest BCUT2D eigenvalue weighted by Crippen LogP contribution is 2.34. The Kier molecular flexibility index (Phi) is 4.58. The lowest BCUT2D eigenvalue weighted by Gasteiger charge is -2.31. The number of rotatable bonds is 3. The standard InChI is InChI=1S/C19H26N2O3S/c22-19(14-10-11-21(12-14)15-6-2-1-3-7-15)20-17-13-25(23,24)18-9-5-4-8-16(17)18/h4-5,8-9,14-15,17H,1-3,6-7,10-13H2,(H,20,22). The highest BCUT2D eigenvalue weighted by atomic mass is 32.2. The molecule has 1 aromatic rings. The van der Waals surface area contributed by atoms with Crippen molar-refractivity contribution < 1.29 is 13.2 Å². The van der Waals surface area contributed by atoms with Crippen LogP contribution in [0.2, 0.25) is 0 Å². The molecule has 0 aromatic heterocycles. The van der Waals surface area contributed by atoms with Crippen LogP contribution >= 0.6 is 0 Å². The van der Waals surface area contributed by atoms with Gasteiger partial charge in [-0.2, -0.15) is 0 Å². The lowest BCUT2D eigenvalue weighted by atomic mass is 9.94. The number of likely N-dealkylation sites (tertiary alicyclic amines) is 1. The third-order valence-corrected chi connectivity index (χ3v) is 7.83. The van der Waals surface area contributed by atoms with Crippen LogP contribution in [-0.4, -0.2) is 44.1 Å². The van der Waals surface area contributed by atoms with E-state index in [1.54, 1.807) is 12.1 Å². The van der Waals surface area contributed by atoms with Crippen molar-refractivity contribution in [1.82, 2.24) is 10.2 Å². The normalized spacial score (nSPS) is 29.4. The van der Waals surface area contributed by atoms with Crippen LogP contribution in [0.1, 0.15) is 50.1 Å². The minimum Gasteiger partial charge on any atom is -0.348 e. The third kappa shape index (κ3) is 3.34. The molecule has 6 heteroatoms. The molecule has 2 unspecified atom stereocenters. The minimum atomic E-state index is -3.28. The Balaban J connectivity index is 1.40. The molecule has 1 aromatic carbocycles. The molecule has 3 aliphatic rings. The molecule has 1 saturated carbocycles. The number of hydrogen-bond acceptors (Lipinski definition) is 4. The quantitative estimate of drug-likeness (QED) is 0.896. The number of sulfone groups is 1. The average Bonchev–Trinajstić information content (AvgIpc) is 3.20. The summed E-state index contributed by atoms with van der Waals surface area (Å²) in [6.45, 7) is 1.81. The van der Waals surface area contributed by atoms with Gasteiger partial charge in [-0.25, -0.2) is 8.42 Å². The van der Waals surface area contributed by atoms with Crippen LogP contribution in [0.5, 0.6) is 0 Å². The van der Waals surface area contributed by atoms with Gasteiger partial charge in [0.1, 0.15) is 0 Å². The van der Waals surface area contributed by atoms with Gasteiger partial charge in [0, 0.05) is 12.6 Å². The van der Waals surface area contributed by atoms with Crippen LogP contribution in [0.3, 0.4) is 0 Å². The maximum atomic E-state index is 12.7. The van der Waals surface area contributed by atoms with E-state index in [1.807, 2.05) is 12.1 Å². The summed E-state index contributed by atoms with van der Waals surface area (Å²) in [4.78, 5) is 15.6. The molecule has 2 aliphatic heterocycles. The molecule has 0 bridgehead atoms. The highest BCUT2D eigenvalue weighted by Gasteiger charge is 2.38. The fourth-order valence-corrected chi connectivity index (χ4v) is 6.38. The van der Waals surface area contributed by atoms with E-state index < -0.39 is 15.9 Å². The van der Waals surface area contributed by atoms with Gasteiger partial charge in [-0.3, -0.25) is 9.69 Å². The van der Waals surface area contributed by atoms with Gasteiger partial charge in [-0.1, -0.05) is 37.5 Å². The van der Waals surface area contributed by atoms with Gasteiger partial charge in [-0.15, -0.1) is 0 Å². The average molecular weight is 362 g/mol. The molecule has 5 nitrogen and oxygen atoms in total. The molecule has 1 aliphatic carbocycles. The van der Waals surface area contributed by atoms with Crippen molar-refractivity contribution in [1.29, 1.82) is 0 Å². The monoisotopic (exact) mass is 362 g/mol. The number of carbonyl (C=O) groups excluding carboxylic acids is 1. The van der Waals surface area contributed by atoms with E-state index in [1.165, 1.54) is 32.1 Å². The Morgan fingerprint density at radius 2 is 1.84 bits per heavy atom. The first-order chi connectivity index (χ1) is 12.0. The molecule has 2 atom stereocenters. The fourth-order valence-electron chi connectivity index (χ4n) is 4.64. The van der Waals surface area contributed by atoms with E-state index in [0.717, 1.165) is 25.1 Å². The summed E-state index contributed by atoms with van der Waals surface area (Å²) in [6.07, 6.45) is 7.32. The fraction of sp³-hybridized carbons (Fsp3) is 0.632. The molecule has 2 heterocycles. The van der Waals surface area contributed by atoms with Crippen LogP contribution in [0, 0.1) is 5.92 Å². The van der Waals surface area contributed by atoms with E-state index in [0.29, 0.717) is 10.9 Å². The number of nitrogens with zero attached hydrogens (tertiary/aromatic N) is 1. The number of nitrogens with one attached hydrogen (secondary N) is 1. The van der Waals surface area contributed by atoms with E-state index in [-0.39, 0.29) is 17.6 Å². The first-order valence-electron chi connectivity index (χ1n) is 9.41. The molecule has 0 spiro atoms. The van der Waals surface area contributed by atoms with Crippen molar-refractivity contribution in [3.8, 4) is 0 Å². The zero-order valence-corrected chi connectivity index (χ0v) is 15.3. The predicted octanol–water partition coefficient (Wildman–Crippen LogP) is 2.29. The van der Waals surface area contributed by atoms with Crippen LogP contribution in [0.15, 0.2) is 29.2 Å². The van der Waals surface area contributed by atoms with Gasteiger partial charge in [0.05, 0.1) is 22.6 Å². The molecule has 136 valence electrons. The van der Waals surface area contributed by atoms with Gasteiger partial charge in [0.2, 0.25) is 5.91 Å². The summed E-state index contributed by atoms with van der Waals surface area (Å²) >= 11 is 0. The summed E-state index contributed by atoms with van der Waals surface area (Å²) in [5, 5.41) is 3.01. The second-order valence-electron chi connectivity index (χ2n) is 7.65. The number of fused-ring (bicyclic) bond motifs is 1. The second-order valence-corrected chi connectivity index (χ2v) is 9.66. The van der Waals surface area contributed by atoms with E-state index in [2.05, 4.69) is 10.2 Å². The van der Waals surface area contributed by atoms with Gasteiger partial charge in [-0.05, 0) is 37.4 Å². The molecule has 1 N–H and O–H groups in total. The van der Waals surface area contributed by atoms with Crippen LogP contribution in [0.4, 0.5) is 0 Å². The molecule has 1 saturated heterocycles. The molecule has 2 fully saturated rings. The Bertz CT molecular complexity index is 756. The van der Waals surface area contributed by atoms with Crippen molar-refractivity contribution in [3.63, 3.8) is 0 Å². The smallest absolute Gasteiger partial charge is 0.224 e. The second kappa shape index (κ2) is 6.72. The van der Waals surface area contributed by atoms with Gasteiger partial charge < -0.3 is 5.32 Å². The molecular formula is C19H26N2O3S. The Labute approximate surface area is 149 Å². The largest absolute Gasteiger partial charge is 0.348 e. The summed E-state index contributed by atoms with van der Waals surface area (Å²) < 4.78 is 24.5. The third-order valence-electron chi connectivity index (χ3n) is 6.01. The number of hydrogen-bond donors (Lipinski definition) is 1. The van der Waals surface area contributed by atoms with Crippen molar-refractivity contribution in [2.75, 3.05) is 18.8 Å². The van der Waals surface area contributed by atoms with E-state index in [9.17, 15) is 13.2 Å². The van der Waals surface area contributed by atoms with Crippen molar-refractivity contribution in [2.24, 2.45) is 5.92 Å².